The molecule has 0 aromatic carbocycles. The van der Waals surface area contributed by atoms with Crippen LogP contribution in [0.2, 0.25) is 0 Å². The molecule has 2 N–H and O–H groups in total. The quantitative estimate of drug-likeness (QED) is 0.472. The molecule has 0 aliphatic heterocycles. The molecule has 0 saturated carbocycles. The summed E-state index contributed by atoms with van der Waals surface area (Å²) in [5.74, 6) is 0.773. The van der Waals surface area contributed by atoms with Gasteiger partial charge in [0.1, 0.15) is 5.82 Å². The summed E-state index contributed by atoms with van der Waals surface area (Å²) in [6.45, 7) is 3.77. The molecule has 0 fully saturated rings. The molecular formula is C7H10IN3. The number of rotatable bonds is 1. The van der Waals surface area contributed by atoms with Gasteiger partial charge in [-0.15, -0.1) is 0 Å². The van der Waals surface area contributed by atoms with Crippen LogP contribution in [-0.4, -0.2) is 9.97 Å². The van der Waals surface area contributed by atoms with Crippen molar-refractivity contribution in [3.63, 3.8) is 0 Å². The van der Waals surface area contributed by atoms with Crippen LogP contribution in [0.25, 0.3) is 0 Å². The third-order valence-corrected chi connectivity index (χ3v) is 1.97. The van der Waals surface area contributed by atoms with Crippen LogP contribution in [0.4, 0.5) is 0 Å². The van der Waals surface area contributed by atoms with E-state index in [1.807, 2.05) is 13.8 Å². The van der Waals surface area contributed by atoms with Gasteiger partial charge in [-0.1, -0.05) is 22.6 Å². The Morgan fingerprint density at radius 1 is 1.45 bits per heavy atom. The SMILES string of the molecule is Cc1ncc([C@](C)(N)I)cn1. The lowest BCUT2D eigenvalue weighted by Crippen LogP contribution is -2.25. The van der Waals surface area contributed by atoms with Crippen LogP contribution in [-0.2, 0) is 3.55 Å². The second kappa shape index (κ2) is 3.02. The van der Waals surface area contributed by atoms with Crippen molar-refractivity contribution in [2.45, 2.75) is 17.4 Å². The molecule has 0 aliphatic rings. The monoisotopic (exact) mass is 263 g/mol. The minimum absolute atomic E-state index is 0.370. The van der Waals surface area contributed by atoms with Crippen LogP contribution < -0.4 is 5.73 Å². The molecular weight excluding hydrogens is 253 g/mol. The average molecular weight is 263 g/mol. The number of halogens is 1. The molecule has 1 atom stereocenters. The fourth-order valence-electron chi connectivity index (χ4n) is 0.645. The van der Waals surface area contributed by atoms with E-state index in [0.29, 0.717) is 0 Å². The van der Waals surface area contributed by atoms with Gasteiger partial charge < -0.3 is 5.73 Å². The van der Waals surface area contributed by atoms with Crippen LogP contribution in [0.3, 0.4) is 0 Å². The van der Waals surface area contributed by atoms with E-state index in [0.717, 1.165) is 11.4 Å². The Morgan fingerprint density at radius 3 is 2.27 bits per heavy atom. The summed E-state index contributed by atoms with van der Waals surface area (Å²) in [6, 6.07) is 0. The Labute approximate surface area is 79.6 Å². The molecule has 11 heavy (non-hydrogen) atoms. The maximum atomic E-state index is 5.81. The van der Waals surface area contributed by atoms with E-state index < -0.39 is 0 Å². The molecule has 0 bridgehead atoms. The summed E-state index contributed by atoms with van der Waals surface area (Å²) in [7, 11) is 0. The third-order valence-electron chi connectivity index (χ3n) is 1.35. The summed E-state index contributed by atoms with van der Waals surface area (Å²) in [6.07, 6.45) is 3.52. The topological polar surface area (TPSA) is 51.8 Å². The summed E-state index contributed by atoms with van der Waals surface area (Å²) in [4.78, 5) is 8.10. The van der Waals surface area contributed by atoms with E-state index in [-0.39, 0.29) is 3.55 Å². The number of aromatic nitrogens is 2. The maximum absolute atomic E-state index is 5.81. The first-order chi connectivity index (χ1) is 5.00. The first kappa shape index (κ1) is 8.86. The highest BCUT2D eigenvalue weighted by Crippen LogP contribution is 2.22. The zero-order valence-electron chi connectivity index (χ0n) is 6.50. The standard InChI is InChI=1S/C7H10IN3/c1-5-10-3-6(4-11-5)7(2,8)9/h3-4H,9H2,1-2H3/t7-/m0/s1. The van der Waals surface area contributed by atoms with Crippen molar-refractivity contribution >= 4 is 22.6 Å². The first-order valence-corrected chi connectivity index (χ1v) is 4.35. The van der Waals surface area contributed by atoms with E-state index in [4.69, 9.17) is 5.73 Å². The van der Waals surface area contributed by atoms with Crippen molar-refractivity contribution in [3.8, 4) is 0 Å². The Balaban J connectivity index is 2.99. The fraction of sp³-hybridized carbons (Fsp3) is 0.429. The molecule has 3 nitrogen and oxygen atoms in total. The van der Waals surface area contributed by atoms with Gasteiger partial charge in [0.15, 0.2) is 0 Å². The van der Waals surface area contributed by atoms with E-state index in [2.05, 4.69) is 32.6 Å². The average Bonchev–Trinajstić information content (AvgIpc) is 1.86. The van der Waals surface area contributed by atoms with Crippen LogP contribution in [0.1, 0.15) is 18.3 Å². The maximum Gasteiger partial charge on any atom is 0.125 e. The van der Waals surface area contributed by atoms with Crippen molar-refractivity contribution in [3.05, 3.63) is 23.8 Å². The van der Waals surface area contributed by atoms with E-state index in [1.165, 1.54) is 0 Å². The number of nitrogens with two attached hydrogens (primary N) is 1. The van der Waals surface area contributed by atoms with Gasteiger partial charge in [0.05, 0.1) is 3.55 Å². The summed E-state index contributed by atoms with van der Waals surface area (Å²) < 4.78 is -0.370. The number of alkyl halides is 1. The summed E-state index contributed by atoms with van der Waals surface area (Å²) in [5.41, 5.74) is 6.76. The lowest BCUT2D eigenvalue weighted by molar-refractivity contribution is 0.762. The molecule has 1 rings (SSSR count). The first-order valence-electron chi connectivity index (χ1n) is 3.27. The zero-order chi connectivity index (χ0) is 8.48. The Bertz CT molecular complexity index is 237. The molecule has 0 aliphatic carbocycles. The lowest BCUT2D eigenvalue weighted by Gasteiger charge is -2.15. The molecule has 1 aromatic heterocycles. The van der Waals surface area contributed by atoms with Crippen molar-refractivity contribution in [1.82, 2.24) is 9.97 Å². The molecule has 4 heteroatoms. The molecule has 1 heterocycles. The molecule has 1 aromatic rings. The van der Waals surface area contributed by atoms with E-state index in [1.54, 1.807) is 12.4 Å². The second-order valence-corrected chi connectivity index (χ2v) is 4.84. The predicted octanol–water partition coefficient (Wildman–Crippen LogP) is 1.35. The summed E-state index contributed by atoms with van der Waals surface area (Å²) in [5, 5.41) is 0. The predicted molar refractivity (Wildman–Crippen MR) is 52.3 cm³/mol. The minimum atomic E-state index is -0.370. The van der Waals surface area contributed by atoms with Crippen molar-refractivity contribution in [2.75, 3.05) is 0 Å². The molecule has 0 spiro atoms. The van der Waals surface area contributed by atoms with Gasteiger partial charge in [-0.2, -0.15) is 0 Å². The highest BCUT2D eigenvalue weighted by Gasteiger charge is 2.16. The Hall–Kier alpha value is -0.230. The van der Waals surface area contributed by atoms with Gasteiger partial charge >= 0.3 is 0 Å². The van der Waals surface area contributed by atoms with Gasteiger partial charge in [0, 0.05) is 18.0 Å². The van der Waals surface area contributed by atoms with E-state index in [9.17, 15) is 0 Å². The van der Waals surface area contributed by atoms with Gasteiger partial charge in [0.25, 0.3) is 0 Å². The van der Waals surface area contributed by atoms with Crippen molar-refractivity contribution in [1.29, 1.82) is 0 Å². The Morgan fingerprint density at radius 2 is 1.91 bits per heavy atom. The van der Waals surface area contributed by atoms with Crippen LogP contribution in [0.5, 0.6) is 0 Å². The number of nitrogens with zero attached hydrogens (tertiary/aromatic N) is 2. The largest absolute Gasteiger partial charge is 0.313 e. The fourth-order valence-corrected chi connectivity index (χ4v) is 0.924. The smallest absolute Gasteiger partial charge is 0.125 e. The highest BCUT2D eigenvalue weighted by atomic mass is 127. The Kier molecular flexibility index (Phi) is 2.43. The zero-order valence-corrected chi connectivity index (χ0v) is 8.66. The molecule has 0 unspecified atom stereocenters. The minimum Gasteiger partial charge on any atom is -0.313 e. The van der Waals surface area contributed by atoms with Gasteiger partial charge in [0.2, 0.25) is 0 Å². The normalized spacial score (nSPS) is 16.0. The molecule has 0 amide bonds. The molecule has 0 radical (unpaired) electrons. The van der Waals surface area contributed by atoms with E-state index >= 15 is 0 Å². The van der Waals surface area contributed by atoms with Crippen molar-refractivity contribution < 1.29 is 0 Å². The number of aryl methyl sites for hydroxylation is 1. The highest BCUT2D eigenvalue weighted by molar-refractivity contribution is 14.1. The van der Waals surface area contributed by atoms with Gasteiger partial charge in [-0.05, 0) is 13.8 Å². The number of hydrogen-bond acceptors (Lipinski definition) is 3. The van der Waals surface area contributed by atoms with Crippen LogP contribution in [0.15, 0.2) is 12.4 Å². The number of hydrogen-bond donors (Lipinski definition) is 1. The second-order valence-electron chi connectivity index (χ2n) is 2.59. The molecule has 0 saturated heterocycles. The van der Waals surface area contributed by atoms with Crippen molar-refractivity contribution in [2.24, 2.45) is 5.73 Å². The summed E-state index contributed by atoms with van der Waals surface area (Å²) >= 11 is 2.15. The van der Waals surface area contributed by atoms with Crippen LogP contribution >= 0.6 is 22.6 Å². The van der Waals surface area contributed by atoms with Gasteiger partial charge in [-0.3, -0.25) is 0 Å². The third kappa shape index (κ3) is 2.37. The van der Waals surface area contributed by atoms with Gasteiger partial charge in [-0.25, -0.2) is 9.97 Å². The van der Waals surface area contributed by atoms with Crippen LogP contribution in [0, 0.1) is 6.92 Å². The molecule has 60 valence electrons. The lowest BCUT2D eigenvalue weighted by atomic mass is 10.2.